The molecular weight excluding hydrogens is 212 g/mol. The molecule has 1 unspecified atom stereocenters. The molecule has 0 heterocycles. The quantitative estimate of drug-likeness (QED) is 0.581. The number of hydrogen-bond acceptors (Lipinski definition) is 4. The zero-order chi connectivity index (χ0) is 12.1. The number of hydrogen-bond donors (Lipinski definition) is 2. The highest BCUT2D eigenvalue weighted by atomic mass is 16.6. The van der Waals surface area contributed by atoms with Gasteiger partial charge in [-0.25, -0.2) is 0 Å². The summed E-state index contributed by atoms with van der Waals surface area (Å²) in [7, 11) is 0. The fraction of sp³-hybridized carbons (Fsp3) is 0.300. The summed E-state index contributed by atoms with van der Waals surface area (Å²) in [5.74, 6) is -0.562. The fourth-order valence-corrected chi connectivity index (χ4v) is 1.16. The van der Waals surface area contributed by atoms with Gasteiger partial charge in [-0.15, -0.1) is 0 Å². The molecule has 0 saturated carbocycles. The number of para-hydroxylation sites is 1. The Balaban J connectivity index is 2.86. The van der Waals surface area contributed by atoms with E-state index in [-0.39, 0.29) is 17.8 Å². The number of carbonyl (C=O) groups is 1. The van der Waals surface area contributed by atoms with Crippen LogP contribution in [0.4, 0.5) is 5.69 Å². The molecule has 0 radical (unpaired) electrons. The van der Waals surface area contributed by atoms with Crippen molar-refractivity contribution in [1.82, 2.24) is 5.32 Å². The molecule has 0 aliphatic heterocycles. The Bertz CT molecular complexity index is 404. The van der Waals surface area contributed by atoms with E-state index in [0.717, 1.165) is 0 Å². The van der Waals surface area contributed by atoms with Crippen molar-refractivity contribution in [3.05, 3.63) is 39.9 Å². The topological polar surface area (TPSA) is 92.5 Å². The molecule has 0 aromatic heterocycles. The van der Waals surface area contributed by atoms with Crippen LogP contribution in [-0.2, 0) is 0 Å². The van der Waals surface area contributed by atoms with E-state index >= 15 is 0 Å². The number of carbonyl (C=O) groups excluding carboxylic acids is 1. The first-order chi connectivity index (χ1) is 7.52. The van der Waals surface area contributed by atoms with Crippen LogP contribution < -0.4 is 5.32 Å². The highest BCUT2D eigenvalue weighted by molar-refractivity contribution is 5.98. The second-order valence-corrected chi connectivity index (χ2v) is 3.33. The van der Waals surface area contributed by atoms with Gasteiger partial charge in [0.05, 0.1) is 11.0 Å². The van der Waals surface area contributed by atoms with E-state index in [2.05, 4.69) is 5.32 Å². The summed E-state index contributed by atoms with van der Waals surface area (Å²) in [6, 6.07) is 5.67. The largest absolute Gasteiger partial charge is 0.392 e. The van der Waals surface area contributed by atoms with E-state index in [4.69, 9.17) is 5.11 Å². The number of rotatable bonds is 4. The second kappa shape index (κ2) is 5.22. The lowest BCUT2D eigenvalue weighted by molar-refractivity contribution is -0.385. The molecule has 1 aromatic carbocycles. The molecule has 2 N–H and O–H groups in total. The van der Waals surface area contributed by atoms with Crippen molar-refractivity contribution in [2.24, 2.45) is 0 Å². The molecule has 86 valence electrons. The van der Waals surface area contributed by atoms with Crippen LogP contribution >= 0.6 is 0 Å². The van der Waals surface area contributed by atoms with Crippen LogP contribution in [0.2, 0.25) is 0 Å². The highest BCUT2D eigenvalue weighted by Gasteiger charge is 2.18. The van der Waals surface area contributed by atoms with Gasteiger partial charge in [-0.3, -0.25) is 14.9 Å². The predicted molar refractivity (Wildman–Crippen MR) is 57.1 cm³/mol. The van der Waals surface area contributed by atoms with Gasteiger partial charge in [0.25, 0.3) is 11.6 Å². The lowest BCUT2D eigenvalue weighted by Crippen LogP contribution is -2.30. The summed E-state index contributed by atoms with van der Waals surface area (Å²) in [5.41, 5.74) is -0.251. The molecule has 1 aromatic rings. The summed E-state index contributed by atoms with van der Waals surface area (Å²) in [5, 5.41) is 22.0. The maximum Gasteiger partial charge on any atom is 0.282 e. The maximum atomic E-state index is 11.5. The minimum absolute atomic E-state index is 0.00634. The van der Waals surface area contributed by atoms with Crippen molar-refractivity contribution < 1.29 is 14.8 Å². The van der Waals surface area contributed by atoms with Gasteiger partial charge in [0.1, 0.15) is 5.56 Å². The Morgan fingerprint density at radius 3 is 2.75 bits per heavy atom. The Morgan fingerprint density at radius 1 is 1.56 bits per heavy atom. The molecule has 1 atom stereocenters. The highest BCUT2D eigenvalue weighted by Crippen LogP contribution is 2.17. The van der Waals surface area contributed by atoms with Crippen LogP contribution in [-0.4, -0.2) is 28.6 Å². The average molecular weight is 224 g/mol. The first-order valence-electron chi connectivity index (χ1n) is 4.72. The zero-order valence-corrected chi connectivity index (χ0v) is 8.71. The van der Waals surface area contributed by atoms with E-state index in [1.54, 1.807) is 6.07 Å². The minimum Gasteiger partial charge on any atom is -0.392 e. The first kappa shape index (κ1) is 12.1. The summed E-state index contributed by atoms with van der Waals surface area (Å²) < 4.78 is 0. The average Bonchev–Trinajstić information content (AvgIpc) is 2.25. The van der Waals surface area contributed by atoms with Gasteiger partial charge in [0.15, 0.2) is 0 Å². The molecule has 0 fully saturated rings. The van der Waals surface area contributed by atoms with Crippen molar-refractivity contribution in [2.75, 3.05) is 6.54 Å². The van der Waals surface area contributed by atoms with Gasteiger partial charge < -0.3 is 10.4 Å². The third-order valence-electron chi connectivity index (χ3n) is 1.90. The van der Waals surface area contributed by atoms with E-state index in [1.165, 1.54) is 25.1 Å². The molecule has 6 nitrogen and oxygen atoms in total. The van der Waals surface area contributed by atoms with Gasteiger partial charge in [-0.05, 0) is 13.0 Å². The molecule has 6 heteroatoms. The number of nitro benzene ring substituents is 1. The van der Waals surface area contributed by atoms with Crippen LogP contribution in [0.15, 0.2) is 24.3 Å². The number of amides is 1. The second-order valence-electron chi connectivity index (χ2n) is 3.33. The Kier molecular flexibility index (Phi) is 3.96. The van der Waals surface area contributed by atoms with Gasteiger partial charge >= 0.3 is 0 Å². The summed E-state index contributed by atoms with van der Waals surface area (Å²) in [4.78, 5) is 21.6. The number of nitrogens with zero attached hydrogens (tertiary/aromatic N) is 1. The van der Waals surface area contributed by atoms with E-state index < -0.39 is 16.9 Å². The number of aliphatic hydroxyl groups is 1. The lowest BCUT2D eigenvalue weighted by Gasteiger charge is -2.07. The third-order valence-corrected chi connectivity index (χ3v) is 1.90. The van der Waals surface area contributed by atoms with Gasteiger partial charge in [-0.1, -0.05) is 12.1 Å². The summed E-state index contributed by atoms with van der Waals surface area (Å²) >= 11 is 0. The Labute approximate surface area is 92.0 Å². The number of benzene rings is 1. The third kappa shape index (κ3) is 3.03. The molecule has 1 amide bonds. The summed E-state index contributed by atoms with van der Waals surface area (Å²) in [6.45, 7) is 1.57. The molecule has 0 aliphatic rings. The van der Waals surface area contributed by atoms with Crippen molar-refractivity contribution >= 4 is 11.6 Å². The van der Waals surface area contributed by atoms with Crippen LogP contribution in [0.1, 0.15) is 17.3 Å². The SMILES string of the molecule is CC(O)CNC(=O)c1ccccc1[N+](=O)[O-]. The molecule has 0 saturated heterocycles. The van der Waals surface area contributed by atoms with E-state index in [1.807, 2.05) is 0 Å². The van der Waals surface area contributed by atoms with Crippen LogP contribution in [0.5, 0.6) is 0 Å². The van der Waals surface area contributed by atoms with Crippen molar-refractivity contribution in [3.63, 3.8) is 0 Å². The minimum atomic E-state index is -0.688. The monoisotopic (exact) mass is 224 g/mol. The smallest absolute Gasteiger partial charge is 0.282 e. The number of nitro groups is 1. The maximum absolute atomic E-state index is 11.5. The number of nitrogens with one attached hydrogen (secondary N) is 1. The summed E-state index contributed by atoms with van der Waals surface area (Å²) in [6.07, 6.45) is -0.688. The zero-order valence-electron chi connectivity index (χ0n) is 8.71. The van der Waals surface area contributed by atoms with Gasteiger partial charge in [0.2, 0.25) is 0 Å². The first-order valence-corrected chi connectivity index (χ1v) is 4.72. The molecule has 0 bridgehead atoms. The van der Waals surface area contributed by atoms with Crippen molar-refractivity contribution in [1.29, 1.82) is 0 Å². The Morgan fingerprint density at radius 2 is 2.19 bits per heavy atom. The predicted octanol–water partition coefficient (Wildman–Crippen LogP) is 0.705. The number of aliphatic hydroxyl groups excluding tert-OH is 1. The molecular formula is C10H12N2O4. The molecule has 0 spiro atoms. The van der Waals surface area contributed by atoms with Crippen molar-refractivity contribution in [3.8, 4) is 0 Å². The van der Waals surface area contributed by atoms with Crippen molar-refractivity contribution in [2.45, 2.75) is 13.0 Å². The molecule has 1 rings (SSSR count). The van der Waals surface area contributed by atoms with Crippen LogP contribution in [0.3, 0.4) is 0 Å². The molecule has 0 aliphatic carbocycles. The standard InChI is InChI=1S/C10H12N2O4/c1-7(13)6-11-10(14)8-4-2-3-5-9(8)12(15)16/h2-5,7,13H,6H2,1H3,(H,11,14). The van der Waals surface area contributed by atoms with Gasteiger partial charge in [-0.2, -0.15) is 0 Å². The fourth-order valence-electron chi connectivity index (χ4n) is 1.16. The van der Waals surface area contributed by atoms with Crippen LogP contribution in [0.25, 0.3) is 0 Å². The van der Waals surface area contributed by atoms with E-state index in [9.17, 15) is 14.9 Å². The molecule has 16 heavy (non-hydrogen) atoms. The lowest BCUT2D eigenvalue weighted by atomic mass is 10.1. The normalized spacial score (nSPS) is 11.9. The van der Waals surface area contributed by atoms with E-state index in [0.29, 0.717) is 0 Å². The van der Waals surface area contributed by atoms with Gasteiger partial charge in [0, 0.05) is 12.6 Å². The van der Waals surface area contributed by atoms with Crippen LogP contribution in [0, 0.1) is 10.1 Å². The Hall–Kier alpha value is -1.95.